The molecule has 0 saturated carbocycles. The van der Waals surface area contributed by atoms with E-state index in [-0.39, 0.29) is 23.2 Å². The second kappa shape index (κ2) is 9.19. The van der Waals surface area contributed by atoms with Crippen LogP contribution in [0.3, 0.4) is 0 Å². The molecular weight excluding hydrogens is 376 g/mol. The molecule has 7 heteroatoms. The van der Waals surface area contributed by atoms with Gasteiger partial charge in [-0.3, -0.25) is 9.59 Å². The van der Waals surface area contributed by atoms with E-state index < -0.39 is 5.91 Å². The summed E-state index contributed by atoms with van der Waals surface area (Å²) in [5, 5.41) is 9.98. The van der Waals surface area contributed by atoms with E-state index >= 15 is 0 Å². The van der Waals surface area contributed by atoms with Crippen LogP contribution in [0.1, 0.15) is 27.2 Å². The summed E-state index contributed by atoms with van der Waals surface area (Å²) < 4.78 is 1.58. The van der Waals surface area contributed by atoms with E-state index in [4.69, 9.17) is 11.6 Å². The predicted molar refractivity (Wildman–Crippen MR) is 108 cm³/mol. The molecule has 3 rings (SSSR count). The summed E-state index contributed by atoms with van der Waals surface area (Å²) in [6.07, 6.45) is 0. The van der Waals surface area contributed by atoms with Crippen LogP contribution in [0.4, 0.5) is 0 Å². The lowest BCUT2D eigenvalue weighted by atomic mass is 10.2. The summed E-state index contributed by atoms with van der Waals surface area (Å²) in [7, 11) is 0. The molecule has 2 amide bonds. The van der Waals surface area contributed by atoms with E-state index in [0.29, 0.717) is 18.8 Å². The van der Waals surface area contributed by atoms with Crippen LogP contribution < -0.4 is 10.6 Å². The summed E-state index contributed by atoms with van der Waals surface area (Å²) in [6, 6.07) is 19.3. The van der Waals surface area contributed by atoms with E-state index in [9.17, 15) is 9.59 Å². The molecule has 0 bridgehead atoms. The lowest BCUT2D eigenvalue weighted by Crippen LogP contribution is -2.36. The molecule has 0 saturated heterocycles. The number of aryl methyl sites for hydroxylation is 1. The summed E-state index contributed by atoms with van der Waals surface area (Å²) in [5.74, 6) is -0.695. The van der Waals surface area contributed by atoms with Gasteiger partial charge in [0.2, 0.25) is 5.91 Å². The minimum absolute atomic E-state index is 0.134. The molecule has 0 aliphatic rings. The van der Waals surface area contributed by atoms with Gasteiger partial charge in [0.15, 0.2) is 0 Å². The molecule has 2 aromatic carbocycles. The van der Waals surface area contributed by atoms with Gasteiger partial charge in [-0.1, -0.05) is 72.3 Å². The van der Waals surface area contributed by atoms with Crippen LogP contribution in [-0.4, -0.2) is 28.1 Å². The van der Waals surface area contributed by atoms with E-state index in [1.165, 1.54) is 0 Å². The highest BCUT2D eigenvalue weighted by atomic mass is 35.5. The number of hydrogen-bond acceptors (Lipinski definition) is 3. The Morgan fingerprint density at radius 2 is 1.57 bits per heavy atom. The number of carbonyl (C=O) groups is 2. The van der Waals surface area contributed by atoms with Crippen LogP contribution in [0, 0.1) is 6.92 Å². The van der Waals surface area contributed by atoms with Crippen molar-refractivity contribution < 1.29 is 9.59 Å². The zero-order valence-corrected chi connectivity index (χ0v) is 16.2. The van der Waals surface area contributed by atoms with Crippen LogP contribution >= 0.6 is 11.6 Å². The van der Waals surface area contributed by atoms with Gasteiger partial charge in [-0.05, 0) is 18.1 Å². The van der Waals surface area contributed by atoms with Crippen molar-refractivity contribution in [1.82, 2.24) is 20.4 Å². The highest BCUT2D eigenvalue weighted by Crippen LogP contribution is 2.20. The monoisotopic (exact) mass is 396 g/mol. The summed E-state index contributed by atoms with van der Waals surface area (Å²) in [5.41, 5.74) is 2.82. The van der Waals surface area contributed by atoms with Crippen molar-refractivity contribution in [3.05, 3.63) is 88.2 Å². The molecule has 0 aliphatic heterocycles. The Morgan fingerprint density at radius 1 is 0.964 bits per heavy atom. The van der Waals surface area contributed by atoms with Gasteiger partial charge in [0.05, 0.1) is 24.3 Å². The van der Waals surface area contributed by atoms with E-state index in [0.717, 1.165) is 11.1 Å². The fourth-order valence-corrected chi connectivity index (χ4v) is 3.10. The lowest BCUT2D eigenvalue weighted by Gasteiger charge is -2.07. The third-order valence-corrected chi connectivity index (χ3v) is 4.59. The van der Waals surface area contributed by atoms with Gasteiger partial charge in [0.25, 0.3) is 5.91 Å². The standard InChI is InChI=1S/C21H21ClN4O2/c1-15-19(20(22)26(25-15)14-17-10-6-3-7-11-17)21(28)24-13-18(27)23-12-16-8-4-2-5-9-16/h2-11H,12-14H2,1H3,(H,23,27)(H,24,28). The predicted octanol–water partition coefficient (Wildman–Crippen LogP) is 2.94. The summed E-state index contributed by atoms with van der Waals surface area (Å²) >= 11 is 6.37. The van der Waals surface area contributed by atoms with Crippen LogP contribution in [0.5, 0.6) is 0 Å². The average molecular weight is 397 g/mol. The molecule has 0 atom stereocenters. The molecule has 0 radical (unpaired) electrons. The van der Waals surface area contributed by atoms with Gasteiger partial charge in [-0.25, -0.2) is 4.68 Å². The molecule has 1 heterocycles. The second-order valence-electron chi connectivity index (χ2n) is 6.34. The Kier molecular flexibility index (Phi) is 6.45. The number of halogens is 1. The minimum Gasteiger partial charge on any atom is -0.350 e. The smallest absolute Gasteiger partial charge is 0.256 e. The molecule has 0 unspecified atom stereocenters. The Hall–Kier alpha value is -3.12. The summed E-state index contributed by atoms with van der Waals surface area (Å²) in [6.45, 7) is 2.46. The number of nitrogens with one attached hydrogen (secondary N) is 2. The fraction of sp³-hybridized carbons (Fsp3) is 0.190. The molecule has 2 N–H and O–H groups in total. The van der Waals surface area contributed by atoms with Crippen molar-refractivity contribution in [3.8, 4) is 0 Å². The van der Waals surface area contributed by atoms with E-state index in [1.807, 2.05) is 60.7 Å². The van der Waals surface area contributed by atoms with Crippen molar-refractivity contribution in [2.75, 3.05) is 6.54 Å². The molecule has 6 nitrogen and oxygen atoms in total. The highest BCUT2D eigenvalue weighted by Gasteiger charge is 2.20. The quantitative estimate of drug-likeness (QED) is 0.644. The maximum Gasteiger partial charge on any atom is 0.256 e. The first-order chi connectivity index (χ1) is 13.5. The van der Waals surface area contributed by atoms with Gasteiger partial charge < -0.3 is 10.6 Å². The maximum atomic E-state index is 12.5. The highest BCUT2D eigenvalue weighted by molar-refractivity contribution is 6.33. The summed E-state index contributed by atoms with van der Waals surface area (Å²) in [4.78, 5) is 24.5. The molecule has 0 fully saturated rings. The number of amides is 2. The first-order valence-corrected chi connectivity index (χ1v) is 9.28. The zero-order chi connectivity index (χ0) is 19.9. The number of nitrogens with zero attached hydrogens (tertiary/aromatic N) is 2. The Balaban J connectivity index is 1.57. The van der Waals surface area contributed by atoms with Gasteiger partial charge >= 0.3 is 0 Å². The van der Waals surface area contributed by atoms with Gasteiger partial charge in [-0.15, -0.1) is 0 Å². The van der Waals surface area contributed by atoms with Crippen molar-refractivity contribution in [2.45, 2.75) is 20.0 Å². The number of carbonyl (C=O) groups excluding carboxylic acids is 2. The molecule has 3 aromatic rings. The Bertz CT molecular complexity index is 955. The van der Waals surface area contributed by atoms with Crippen LogP contribution in [0.15, 0.2) is 60.7 Å². The number of aromatic nitrogens is 2. The Labute approximate surface area is 168 Å². The largest absolute Gasteiger partial charge is 0.350 e. The number of benzene rings is 2. The van der Waals surface area contributed by atoms with Crippen LogP contribution in [0.2, 0.25) is 5.15 Å². The maximum absolute atomic E-state index is 12.5. The average Bonchev–Trinajstić information content (AvgIpc) is 2.99. The first kappa shape index (κ1) is 19.6. The van der Waals surface area contributed by atoms with E-state index in [2.05, 4.69) is 15.7 Å². The van der Waals surface area contributed by atoms with E-state index in [1.54, 1.807) is 11.6 Å². The first-order valence-electron chi connectivity index (χ1n) is 8.90. The molecule has 0 spiro atoms. The molecule has 28 heavy (non-hydrogen) atoms. The normalized spacial score (nSPS) is 10.5. The molecule has 1 aromatic heterocycles. The zero-order valence-electron chi connectivity index (χ0n) is 15.5. The second-order valence-corrected chi connectivity index (χ2v) is 6.70. The number of hydrogen-bond donors (Lipinski definition) is 2. The molecule has 144 valence electrons. The molecular formula is C21H21ClN4O2. The van der Waals surface area contributed by atoms with Gasteiger partial charge in [0, 0.05) is 6.54 Å². The molecule has 0 aliphatic carbocycles. The minimum atomic E-state index is -0.420. The van der Waals surface area contributed by atoms with Crippen LogP contribution in [-0.2, 0) is 17.9 Å². The van der Waals surface area contributed by atoms with Crippen molar-refractivity contribution in [2.24, 2.45) is 0 Å². The number of rotatable bonds is 7. The van der Waals surface area contributed by atoms with Gasteiger partial charge in [-0.2, -0.15) is 5.10 Å². The van der Waals surface area contributed by atoms with Crippen molar-refractivity contribution in [1.29, 1.82) is 0 Å². The van der Waals surface area contributed by atoms with Crippen LogP contribution in [0.25, 0.3) is 0 Å². The van der Waals surface area contributed by atoms with Gasteiger partial charge in [0.1, 0.15) is 5.15 Å². The Morgan fingerprint density at radius 3 is 2.21 bits per heavy atom. The third kappa shape index (κ3) is 4.98. The van der Waals surface area contributed by atoms with Crippen molar-refractivity contribution in [3.63, 3.8) is 0 Å². The fourth-order valence-electron chi connectivity index (χ4n) is 2.78. The lowest BCUT2D eigenvalue weighted by molar-refractivity contribution is -0.120. The topological polar surface area (TPSA) is 76.0 Å². The van der Waals surface area contributed by atoms with Crippen molar-refractivity contribution >= 4 is 23.4 Å². The SMILES string of the molecule is Cc1nn(Cc2ccccc2)c(Cl)c1C(=O)NCC(=O)NCc1ccccc1. The third-order valence-electron chi connectivity index (χ3n) is 4.21.